The van der Waals surface area contributed by atoms with Gasteiger partial charge >= 0.3 is 0 Å². The highest BCUT2D eigenvalue weighted by molar-refractivity contribution is 5.05. The smallest absolute Gasteiger partial charge is 0.147 e. The maximum atomic E-state index is 4.52. The Morgan fingerprint density at radius 1 is 1.18 bits per heavy atom. The molecule has 2 aliphatic rings. The molecule has 2 aromatic heterocycles. The summed E-state index contributed by atoms with van der Waals surface area (Å²) in [6.45, 7) is 4.22. The van der Waals surface area contributed by atoms with Gasteiger partial charge in [-0.15, -0.1) is 10.2 Å². The zero-order chi connectivity index (χ0) is 14.9. The standard InChI is InChI=1S/C16H24N6/c1-20-10-7-17-16(20)13-6-9-21(11-13)12-15-19-18-14-5-3-2-4-8-22(14)15/h7,10,13H,2-6,8-9,11-12H2,1H3/t13-/m0/s1. The number of nitrogens with zero attached hydrogens (tertiary/aromatic N) is 6. The highest BCUT2D eigenvalue weighted by Crippen LogP contribution is 2.27. The molecule has 0 aliphatic carbocycles. The molecular formula is C16H24N6. The van der Waals surface area contributed by atoms with Crippen molar-refractivity contribution in [2.45, 2.75) is 51.1 Å². The fraction of sp³-hybridized carbons (Fsp3) is 0.688. The Morgan fingerprint density at radius 3 is 3.00 bits per heavy atom. The van der Waals surface area contributed by atoms with E-state index in [4.69, 9.17) is 0 Å². The first-order valence-corrected chi connectivity index (χ1v) is 8.42. The Hall–Kier alpha value is -1.69. The van der Waals surface area contributed by atoms with Gasteiger partial charge in [0.15, 0.2) is 0 Å². The van der Waals surface area contributed by atoms with E-state index in [0.717, 1.165) is 38.4 Å². The Kier molecular flexibility index (Phi) is 3.70. The summed E-state index contributed by atoms with van der Waals surface area (Å²) >= 11 is 0. The van der Waals surface area contributed by atoms with Crippen molar-refractivity contribution in [1.82, 2.24) is 29.2 Å². The minimum atomic E-state index is 0.548. The zero-order valence-electron chi connectivity index (χ0n) is 13.3. The predicted molar refractivity (Wildman–Crippen MR) is 83.4 cm³/mol. The Morgan fingerprint density at radius 2 is 2.14 bits per heavy atom. The summed E-state index contributed by atoms with van der Waals surface area (Å²) in [6.07, 6.45) is 10.0. The van der Waals surface area contributed by atoms with Crippen LogP contribution in [0.15, 0.2) is 12.4 Å². The molecule has 2 aliphatic heterocycles. The van der Waals surface area contributed by atoms with Gasteiger partial charge in [-0.3, -0.25) is 4.90 Å². The number of aromatic nitrogens is 5. The molecule has 0 spiro atoms. The molecule has 1 saturated heterocycles. The maximum absolute atomic E-state index is 4.52. The van der Waals surface area contributed by atoms with Gasteiger partial charge in [-0.25, -0.2) is 4.98 Å². The van der Waals surface area contributed by atoms with Gasteiger partial charge in [-0.1, -0.05) is 6.42 Å². The van der Waals surface area contributed by atoms with Crippen molar-refractivity contribution in [2.24, 2.45) is 7.05 Å². The molecule has 0 amide bonds. The van der Waals surface area contributed by atoms with Crippen molar-refractivity contribution in [2.75, 3.05) is 13.1 Å². The minimum absolute atomic E-state index is 0.548. The van der Waals surface area contributed by atoms with Gasteiger partial charge in [0.25, 0.3) is 0 Å². The van der Waals surface area contributed by atoms with Crippen LogP contribution in [0.3, 0.4) is 0 Å². The summed E-state index contributed by atoms with van der Waals surface area (Å²) in [7, 11) is 2.09. The summed E-state index contributed by atoms with van der Waals surface area (Å²) in [5, 5.41) is 8.87. The van der Waals surface area contributed by atoms with Crippen LogP contribution in [0.1, 0.15) is 49.1 Å². The van der Waals surface area contributed by atoms with E-state index in [-0.39, 0.29) is 0 Å². The highest BCUT2D eigenvalue weighted by atomic mass is 15.3. The van der Waals surface area contributed by atoms with E-state index in [1.807, 2.05) is 12.4 Å². The summed E-state index contributed by atoms with van der Waals surface area (Å²) in [5.74, 6) is 4.10. The van der Waals surface area contributed by atoms with Crippen LogP contribution in [-0.2, 0) is 26.6 Å². The number of likely N-dealkylation sites (tertiary alicyclic amines) is 1. The van der Waals surface area contributed by atoms with Crippen molar-refractivity contribution >= 4 is 0 Å². The number of aryl methyl sites for hydroxylation is 2. The molecule has 1 atom stereocenters. The average Bonchev–Trinajstić information content (AvgIpc) is 3.18. The van der Waals surface area contributed by atoms with Gasteiger partial charge in [0.05, 0.1) is 6.54 Å². The first-order chi connectivity index (χ1) is 10.8. The quantitative estimate of drug-likeness (QED) is 0.866. The third-order valence-corrected chi connectivity index (χ3v) is 5.05. The second-order valence-corrected chi connectivity index (χ2v) is 6.61. The normalized spacial score (nSPS) is 22.7. The van der Waals surface area contributed by atoms with Crippen molar-refractivity contribution in [1.29, 1.82) is 0 Å². The molecule has 0 N–H and O–H groups in total. The number of rotatable bonds is 3. The van der Waals surface area contributed by atoms with E-state index in [2.05, 4.69) is 36.3 Å². The summed E-state index contributed by atoms with van der Waals surface area (Å²) in [6, 6.07) is 0. The second kappa shape index (κ2) is 5.83. The van der Waals surface area contributed by atoms with Crippen LogP contribution >= 0.6 is 0 Å². The second-order valence-electron chi connectivity index (χ2n) is 6.61. The van der Waals surface area contributed by atoms with E-state index >= 15 is 0 Å². The number of imidazole rings is 1. The molecule has 1 fully saturated rings. The molecule has 6 heteroatoms. The van der Waals surface area contributed by atoms with Crippen molar-refractivity contribution in [3.8, 4) is 0 Å². The summed E-state index contributed by atoms with van der Waals surface area (Å²) in [4.78, 5) is 7.02. The lowest BCUT2D eigenvalue weighted by Gasteiger charge is -2.16. The molecule has 118 valence electrons. The molecule has 0 saturated carbocycles. The monoisotopic (exact) mass is 300 g/mol. The van der Waals surface area contributed by atoms with E-state index in [0.29, 0.717) is 5.92 Å². The molecule has 0 bridgehead atoms. The van der Waals surface area contributed by atoms with Gasteiger partial charge in [-0.05, 0) is 25.8 Å². The van der Waals surface area contributed by atoms with Crippen LogP contribution in [0, 0.1) is 0 Å². The largest absolute Gasteiger partial charge is 0.338 e. The Balaban J connectivity index is 1.45. The van der Waals surface area contributed by atoms with Crippen LogP contribution in [0.4, 0.5) is 0 Å². The molecule has 4 rings (SSSR count). The van der Waals surface area contributed by atoms with Gasteiger partial charge in [0.2, 0.25) is 0 Å². The number of hydrogen-bond acceptors (Lipinski definition) is 4. The zero-order valence-corrected chi connectivity index (χ0v) is 13.3. The maximum Gasteiger partial charge on any atom is 0.147 e. The lowest BCUT2D eigenvalue weighted by atomic mass is 10.1. The lowest BCUT2D eigenvalue weighted by molar-refractivity contribution is 0.309. The van der Waals surface area contributed by atoms with Crippen molar-refractivity contribution in [3.05, 3.63) is 29.9 Å². The van der Waals surface area contributed by atoms with E-state index in [1.165, 1.54) is 37.3 Å². The SMILES string of the molecule is Cn1ccnc1[C@H]1CCN(Cc2nnc3n2CCCCC3)C1. The van der Waals surface area contributed by atoms with Gasteiger partial charge < -0.3 is 9.13 Å². The average molecular weight is 300 g/mol. The van der Waals surface area contributed by atoms with E-state index in [9.17, 15) is 0 Å². The summed E-state index contributed by atoms with van der Waals surface area (Å²) in [5.41, 5.74) is 0. The third kappa shape index (κ3) is 2.56. The first kappa shape index (κ1) is 13.9. The first-order valence-electron chi connectivity index (χ1n) is 8.42. The molecule has 6 nitrogen and oxygen atoms in total. The predicted octanol–water partition coefficient (Wildman–Crippen LogP) is 1.73. The van der Waals surface area contributed by atoms with Gasteiger partial charge in [0, 0.05) is 44.9 Å². The molecule has 4 heterocycles. The topological polar surface area (TPSA) is 51.8 Å². The van der Waals surface area contributed by atoms with Crippen LogP contribution in [0.2, 0.25) is 0 Å². The molecule has 22 heavy (non-hydrogen) atoms. The number of fused-ring (bicyclic) bond motifs is 1. The molecular weight excluding hydrogens is 276 g/mol. The number of hydrogen-bond donors (Lipinski definition) is 0. The van der Waals surface area contributed by atoms with Crippen molar-refractivity contribution < 1.29 is 0 Å². The molecule has 2 aromatic rings. The van der Waals surface area contributed by atoms with Crippen LogP contribution in [0.5, 0.6) is 0 Å². The Labute approximate surface area is 131 Å². The molecule has 0 unspecified atom stereocenters. The highest BCUT2D eigenvalue weighted by Gasteiger charge is 2.28. The third-order valence-electron chi connectivity index (χ3n) is 5.05. The fourth-order valence-corrected chi connectivity index (χ4v) is 3.82. The van der Waals surface area contributed by atoms with Crippen LogP contribution in [0.25, 0.3) is 0 Å². The van der Waals surface area contributed by atoms with E-state index < -0.39 is 0 Å². The van der Waals surface area contributed by atoms with Crippen molar-refractivity contribution in [3.63, 3.8) is 0 Å². The van der Waals surface area contributed by atoms with Gasteiger partial charge in [-0.2, -0.15) is 0 Å². The van der Waals surface area contributed by atoms with Crippen LogP contribution < -0.4 is 0 Å². The fourth-order valence-electron chi connectivity index (χ4n) is 3.82. The molecule has 0 aromatic carbocycles. The van der Waals surface area contributed by atoms with Crippen LogP contribution in [-0.4, -0.2) is 42.3 Å². The lowest BCUT2D eigenvalue weighted by Crippen LogP contribution is -2.23. The van der Waals surface area contributed by atoms with Gasteiger partial charge in [0.1, 0.15) is 17.5 Å². The van der Waals surface area contributed by atoms with E-state index in [1.54, 1.807) is 0 Å². The summed E-state index contributed by atoms with van der Waals surface area (Å²) < 4.78 is 4.51. The molecule has 0 radical (unpaired) electrons. The minimum Gasteiger partial charge on any atom is -0.338 e. The Bertz CT molecular complexity index is 643.